The van der Waals surface area contributed by atoms with Crippen LogP contribution in [-0.2, 0) is 17.9 Å². The molecule has 1 aliphatic rings. The van der Waals surface area contributed by atoms with Gasteiger partial charge in [0.25, 0.3) is 11.5 Å². The molecule has 4 heterocycles. The van der Waals surface area contributed by atoms with Crippen LogP contribution in [0, 0.1) is 6.92 Å². The molecule has 1 aliphatic heterocycles. The Labute approximate surface area is 205 Å². The van der Waals surface area contributed by atoms with E-state index in [1.807, 2.05) is 49.4 Å². The molecule has 5 rings (SSSR count). The van der Waals surface area contributed by atoms with Gasteiger partial charge in [0, 0.05) is 6.20 Å². The van der Waals surface area contributed by atoms with Crippen molar-refractivity contribution in [2.45, 2.75) is 20.0 Å². The van der Waals surface area contributed by atoms with Gasteiger partial charge in [-0.3, -0.25) is 18.9 Å². The molecule has 0 atom stereocenters. The van der Waals surface area contributed by atoms with Gasteiger partial charge in [-0.15, -0.1) is 0 Å². The number of fused-ring (bicyclic) bond motifs is 1. The number of carbonyl (C=O) groups excluding carboxylic acids is 1. The third kappa shape index (κ3) is 4.40. The van der Waals surface area contributed by atoms with E-state index in [4.69, 9.17) is 16.6 Å². The fourth-order valence-corrected chi connectivity index (χ4v) is 4.88. The minimum absolute atomic E-state index is 0.232. The van der Waals surface area contributed by atoms with E-state index in [1.165, 1.54) is 16.2 Å². The molecule has 0 spiro atoms. The number of hydrogen-bond acceptors (Lipinski definition) is 7. The third-order valence-corrected chi connectivity index (χ3v) is 6.73. The Morgan fingerprint density at radius 2 is 1.94 bits per heavy atom. The highest BCUT2D eigenvalue weighted by molar-refractivity contribution is 8.26. The molecule has 170 valence electrons. The number of amides is 1. The summed E-state index contributed by atoms with van der Waals surface area (Å²) in [4.78, 5) is 33.2. The summed E-state index contributed by atoms with van der Waals surface area (Å²) in [7, 11) is 0. The van der Waals surface area contributed by atoms with Gasteiger partial charge in [-0.05, 0) is 42.3 Å². The maximum atomic E-state index is 13.5. The normalized spacial score (nSPS) is 15.0. The highest BCUT2D eigenvalue weighted by Gasteiger charge is 2.32. The highest BCUT2D eigenvalue weighted by Crippen LogP contribution is 2.34. The quantitative estimate of drug-likeness (QED) is 0.314. The van der Waals surface area contributed by atoms with Crippen molar-refractivity contribution < 1.29 is 9.21 Å². The maximum Gasteiger partial charge on any atom is 0.267 e. The minimum atomic E-state index is -0.274. The topological polar surface area (TPSA) is 79.8 Å². The van der Waals surface area contributed by atoms with Gasteiger partial charge in [-0.1, -0.05) is 60.4 Å². The van der Waals surface area contributed by atoms with Gasteiger partial charge in [0.1, 0.15) is 21.5 Å². The zero-order valence-electron chi connectivity index (χ0n) is 18.2. The Morgan fingerprint density at radius 1 is 1.12 bits per heavy atom. The van der Waals surface area contributed by atoms with E-state index in [0.29, 0.717) is 39.5 Å². The first-order valence-corrected chi connectivity index (χ1v) is 11.8. The molecule has 3 aromatic heterocycles. The number of rotatable bonds is 6. The van der Waals surface area contributed by atoms with Crippen LogP contribution in [0.15, 0.2) is 81.2 Å². The molecular formula is C25H20N4O3S2. The molecule has 34 heavy (non-hydrogen) atoms. The van der Waals surface area contributed by atoms with Gasteiger partial charge in [0.15, 0.2) is 0 Å². The van der Waals surface area contributed by atoms with E-state index in [9.17, 15) is 9.59 Å². The van der Waals surface area contributed by atoms with Crippen molar-refractivity contribution in [1.82, 2.24) is 14.3 Å². The number of anilines is 1. The van der Waals surface area contributed by atoms with Crippen LogP contribution in [0.25, 0.3) is 11.7 Å². The van der Waals surface area contributed by atoms with E-state index in [-0.39, 0.29) is 17.0 Å². The van der Waals surface area contributed by atoms with Crippen LogP contribution in [-0.4, -0.2) is 24.5 Å². The van der Waals surface area contributed by atoms with Crippen molar-refractivity contribution in [2.24, 2.45) is 0 Å². The lowest BCUT2D eigenvalue weighted by Crippen LogP contribution is -2.27. The van der Waals surface area contributed by atoms with Crippen molar-refractivity contribution >= 4 is 51.7 Å². The number of thioether (sulfide) groups is 1. The number of furan rings is 1. The molecule has 0 aliphatic carbocycles. The Hall–Kier alpha value is -3.69. The predicted molar refractivity (Wildman–Crippen MR) is 137 cm³/mol. The molecular weight excluding hydrogens is 468 g/mol. The van der Waals surface area contributed by atoms with E-state index in [1.54, 1.807) is 35.6 Å². The van der Waals surface area contributed by atoms with Crippen molar-refractivity contribution in [3.05, 3.63) is 105 Å². The molecule has 0 bridgehead atoms. The van der Waals surface area contributed by atoms with E-state index in [2.05, 4.69) is 10.3 Å². The van der Waals surface area contributed by atoms with Crippen LogP contribution in [0.2, 0.25) is 0 Å². The number of hydrogen-bond donors (Lipinski definition) is 1. The Balaban J connectivity index is 1.54. The van der Waals surface area contributed by atoms with Crippen LogP contribution in [0.1, 0.15) is 22.5 Å². The summed E-state index contributed by atoms with van der Waals surface area (Å²) in [5.74, 6) is 0.842. The largest absolute Gasteiger partial charge is 0.467 e. The van der Waals surface area contributed by atoms with Gasteiger partial charge in [-0.2, -0.15) is 0 Å². The number of nitrogens with zero attached hydrogens (tertiary/aromatic N) is 3. The second-order valence-corrected chi connectivity index (χ2v) is 9.48. The van der Waals surface area contributed by atoms with Gasteiger partial charge in [0.2, 0.25) is 0 Å². The Bertz CT molecular complexity index is 1480. The van der Waals surface area contributed by atoms with Gasteiger partial charge < -0.3 is 9.73 Å². The smallest absolute Gasteiger partial charge is 0.267 e. The second-order valence-electron chi connectivity index (χ2n) is 7.80. The Kier molecular flexibility index (Phi) is 6.04. The molecule has 1 amide bonds. The summed E-state index contributed by atoms with van der Waals surface area (Å²) >= 11 is 6.66. The predicted octanol–water partition coefficient (Wildman–Crippen LogP) is 4.61. The molecule has 1 fully saturated rings. The molecule has 1 aromatic carbocycles. The van der Waals surface area contributed by atoms with Crippen LogP contribution >= 0.6 is 24.0 Å². The fraction of sp³-hybridized carbons (Fsp3) is 0.120. The summed E-state index contributed by atoms with van der Waals surface area (Å²) in [6.45, 7) is 2.63. The van der Waals surface area contributed by atoms with Crippen LogP contribution in [0.5, 0.6) is 0 Å². The molecule has 1 saturated heterocycles. The van der Waals surface area contributed by atoms with Gasteiger partial charge in [0.05, 0.1) is 29.8 Å². The van der Waals surface area contributed by atoms with Crippen LogP contribution in [0.4, 0.5) is 5.82 Å². The summed E-state index contributed by atoms with van der Waals surface area (Å²) in [6, 6.07) is 17.0. The average Bonchev–Trinajstić information content (AvgIpc) is 3.45. The summed E-state index contributed by atoms with van der Waals surface area (Å²) in [6.07, 6.45) is 4.90. The van der Waals surface area contributed by atoms with Gasteiger partial charge in [-0.25, -0.2) is 4.98 Å². The van der Waals surface area contributed by atoms with Crippen LogP contribution in [0.3, 0.4) is 0 Å². The first-order valence-electron chi connectivity index (χ1n) is 10.6. The Morgan fingerprint density at radius 3 is 2.71 bits per heavy atom. The minimum Gasteiger partial charge on any atom is -0.467 e. The molecule has 0 unspecified atom stereocenters. The zero-order chi connectivity index (χ0) is 23.7. The molecule has 7 nitrogen and oxygen atoms in total. The molecule has 0 saturated carbocycles. The lowest BCUT2D eigenvalue weighted by molar-refractivity contribution is -0.122. The number of carbonyl (C=O) groups is 1. The molecule has 1 N–H and O–H groups in total. The van der Waals surface area contributed by atoms with Crippen molar-refractivity contribution in [2.75, 3.05) is 5.32 Å². The number of thiocarbonyl (C=S) groups is 1. The highest BCUT2D eigenvalue weighted by atomic mass is 32.2. The van der Waals surface area contributed by atoms with Crippen molar-refractivity contribution in [3.63, 3.8) is 0 Å². The molecule has 4 aromatic rings. The fourth-order valence-electron chi connectivity index (χ4n) is 3.64. The number of benzene rings is 1. The standard InChI is InChI=1S/C25H20N4O3S2/c1-16-9-10-21-27-22(26-13-18-8-5-11-32-18)19(23(30)28(21)14-16)12-20-24(31)29(25(33)34-20)15-17-6-3-2-4-7-17/h2-12,14,26H,13,15H2,1H3/b20-12+. The lowest BCUT2D eigenvalue weighted by Gasteiger charge is -2.14. The van der Waals surface area contributed by atoms with Gasteiger partial charge >= 0.3 is 0 Å². The first kappa shape index (κ1) is 22.1. The van der Waals surface area contributed by atoms with E-state index < -0.39 is 0 Å². The first-order chi connectivity index (χ1) is 16.5. The van der Waals surface area contributed by atoms with E-state index in [0.717, 1.165) is 11.1 Å². The molecule has 9 heteroatoms. The van der Waals surface area contributed by atoms with Crippen LogP contribution < -0.4 is 10.9 Å². The van der Waals surface area contributed by atoms with E-state index >= 15 is 0 Å². The maximum absolute atomic E-state index is 13.5. The van der Waals surface area contributed by atoms with Crippen molar-refractivity contribution in [1.29, 1.82) is 0 Å². The number of nitrogens with one attached hydrogen (secondary N) is 1. The second kappa shape index (κ2) is 9.28. The summed E-state index contributed by atoms with van der Waals surface area (Å²) in [5.41, 5.74) is 2.42. The third-order valence-electron chi connectivity index (χ3n) is 5.35. The average molecular weight is 489 g/mol. The lowest BCUT2D eigenvalue weighted by atomic mass is 10.2. The number of aromatic nitrogens is 2. The summed E-state index contributed by atoms with van der Waals surface area (Å²) < 4.78 is 7.34. The SMILES string of the molecule is Cc1ccc2nc(NCc3ccco3)c(/C=C3/SC(=S)N(Cc4ccccc4)C3=O)c(=O)n2c1. The number of aryl methyl sites for hydroxylation is 1. The zero-order valence-corrected chi connectivity index (χ0v) is 19.9. The van der Waals surface area contributed by atoms with Crippen molar-refractivity contribution in [3.8, 4) is 0 Å². The summed E-state index contributed by atoms with van der Waals surface area (Å²) in [5, 5.41) is 3.18. The number of pyridine rings is 1. The molecule has 0 radical (unpaired) electrons. The monoisotopic (exact) mass is 488 g/mol.